The van der Waals surface area contributed by atoms with Crippen molar-refractivity contribution in [3.8, 4) is 0 Å². The molecule has 0 aromatic heterocycles. The van der Waals surface area contributed by atoms with Gasteiger partial charge in [0, 0.05) is 31.9 Å². The summed E-state index contributed by atoms with van der Waals surface area (Å²) >= 11 is 0. The molecule has 1 aromatic rings. The third kappa shape index (κ3) is 3.67. The number of likely N-dealkylation sites (N-methyl/N-ethyl adjacent to an activating group) is 2. The molecule has 0 spiro atoms. The van der Waals surface area contributed by atoms with Crippen molar-refractivity contribution < 1.29 is 14.3 Å². The number of rotatable bonds is 5. The molecule has 106 valence electrons. The summed E-state index contributed by atoms with van der Waals surface area (Å²) in [5.74, 6) is -0.522. The molecular formula is C14H21FN2O2. The number of benzene rings is 1. The first-order valence-corrected chi connectivity index (χ1v) is 6.30. The number of carbonyl (C=O) groups is 1. The van der Waals surface area contributed by atoms with Crippen molar-refractivity contribution in [2.45, 2.75) is 20.0 Å². The lowest BCUT2D eigenvalue weighted by atomic mass is 10.1. The van der Waals surface area contributed by atoms with Crippen molar-refractivity contribution in [2.75, 3.05) is 32.1 Å². The van der Waals surface area contributed by atoms with E-state index in [0.717, 1.165) is 0 Å². The molecule has 0 fully saturated rings. The molecule has 4 nitrogen and oxygen atoms in total. The van der Waals surface area contributed by atoms with Crippen LogP contribution < -0.4 is 4.90 Å². The second kappa shape index (κ2) is 6.52. The highest BCUT2D eigenvalue weighted by Crippen LogP contribution is 2.28. The predicted molar refractivity (Wildman–Crippen MR) is 73.6 cm³/mol. The standard InChI is InChI=1S/C14H21FN2O2/c1-5-17(9-13(19)16(3)4)12-8-6-7-11(15)14(12)10(2)18/h6-8,10,18H,5,9H2,1-4H3/t10-/m1/s1. The molecule has 0 unspecified atom stereocenters. The van der Waals surface area contributed by atoms with Crippen molar-refractivity contribution in [1.82, 2.24) is 4.90 Å². The monoisotopic (exact) mass is 268 g/mol. The lowest BCUT2D eigenvalue weighted by Crippen LogP contribution is -2.37. The van der Waals surface area contributed by atoms with Crippen LogP contribution in [0.4, 0.5) is 10.1 Å². The van der Waals surface area contributed by atoms with Gasteiger partial charge in [-0.25, -0.2) is 4.39 Å². The smallest absolute Gasteiger partial charge is 0.241 e. The Labute approximate surface area is 113 Å². The van der Waals surface area contributed by atoms with E-state index in [2.05, 4.69) is 0 Å². The van der Waals surface area contributed by atoms with Crippen LogP contribution in [0.15, 0.2) is 18.2 Å². The Morgan fingerprint density at radius 3 is 2.53 bits per heavy atom. The van der Waals surface area contributed by atoms with E-state index < -0.39 is 11.9 Å². The highest BCUT2D eigenvalue weighted by Gasteiger charge is 2.19. The summed E-state index contributed by atoms with van der Waals surface area (Å²) < 4.78 is 13.8. The van der Waals surface area contributed by atoms with Gasteiger partial charge >= 0.3 is 0 Å². The van der Waals surface area contributed by atoms with Crippen LogP contribution in [0.5, 0.6) is 0 Å². The van der Waals surface area contributed by atoms with Crippen molar-refractivity contribution >= 4 is 11.6 Å². The molecule has 0 saturated carbocycles. The van der Waals surface area contributed by atoms with E-state index in [9.17, 15) is 14.3 Å². The third-order valence-electron chi connectivity index (χ3n) is 3.00. The maximum Gasteiger partial charge on any atom is 0.241 e. The number of aliphatic hydroxyl groups is 1. The largest absolute Gasteiger partial charge is 0.389 e. The molecule has 0 saturated heterocycles. The third-order valence-corrected chi connectivity index (χ3v) is 3.00. The fraction of sp³-hybridized carbons (Fsp3) is 0.500. The zero-order valence-corrected chi connectivity index (χ0v) is 11.9. The molecule has 1 N–H and O–H groups in total. The molecular weight excluding hydrogens is 247 g/mol. The molecule has 1 rings (SSSR count). The van der Waals surface area contributed by atoms with Crippen LogP contribution in [-0.2, 0) is 4.79 Å². The first-order valence-electron chi connectivity index (χ1n) is 6.30. The molecule has 0 aliphatic carbocycles. The minimum Gasteiger partial charge on any atom is -0.389 e. The fourth-order valence-electron chi connectivity index (χ4n) is 1.89. The lowest BCUT2D eigenvalue weighted by molar-refractivity contribution is -0.127. The zero-order valence-electron chi connectivity index (χ0n) is 11.9. The summed E-state index contributed by atoms with van der Waals surface area (Å²) in [4.78, 5) is 15.0. The van der Waals surface area contributed by atoms with E-state index in [1.54, 1.807) is 31.1 Å². The van der Waals surface area contributed by atoms with Crippen molar-refractivity contribution in [2.24, 2.45) is 0 Å². The normalized spacial score (nSPS) is 12.1. The zero-order chi connectivity index (χ0) is 14.6. The van der Waals surface area contributed by atoms with Gasteiger partial charge in [-0.3, -0.25) is 4.79 Å². The average molecular weight is 268 g/mol. The molecule has 5 heteroatoms. The number of halogens is 1. The molecule has 1 atom stereocenters. The molecule has 0 radical (unpaired) electrons. The Hall–Kier alpha value is -1.62. The summed E-state index contributed by atoms with van der Waals surface area (Å²) in [5, 5.41) is 9.71. The Bertz CT molecular complexity index is 447. The van der Waals surface area contributed by atoms with Gasteiger partial charge in [0.2, 0.25) is 5.91 Å². The van der Waals surface area contributed by atoms with E-state index in [4.69, 9.17) is 0 Å². The number of hydrogen-bond donors (Lipinski definition) is 1. The molecule has 1 amide bonds. The number of amides is 1. The fourth-order valence-corrected chi connectivity index (χ4v) is 1.89. The highest BCUT2D eigenvalue weighted by molar-refractivity contribution is 5.81. The quantitative estimate of drug-likeness (QED) is 0.885. The second-order valence-electron chi connectivity index (χ2n) is 4.65. The highest BCUT2D eigenvalue weighted by atomic mass is 19.1. The van der Waals surface area contributed by atoms with Crippen molar-refractivity contribution in [3.05, 3.63) is 29.6 Å². The number of hydrogen-bond acceptors (Lipinski definition) is 3. The van der Waals surface area contributed by atoms with Gasteiger partial charge in [-0.15, -0.1) is 0 Å². The van der Waals surface area contributed by atoms with Gasteiger partial charge in [0.25, 0.3) is 0 Å². The summed E-state index contributed by atoms with van der Waals surface area (Å²) in [6, 6.07) is 4.62. The Kier molecular flexibility index (Phi) is 5.30. The van der Waals surface area contributed by atoms with Crippen LogP contribution in [0.25, 0.3) is 0 Å². The summed E-state index contributed by atoms with van der Waals surface area (Å²) in [6.07, 6.45) is -0.917. The molecule has 19 heavy (non-hydrogen) atoms. The molecule has 0 bridgehead atoms. The maximum absolute atomic E-state index is 13.8. The van der Waals surface area contributed by atoms with Gasteiger partial charge in [-0.1, -0.05) is 6.07 Å². The van der Waals surface area contributed by atoms with E-state index >= 15 is 0 Å². The van der Waals surface area contributed by atoms with Crippen LogP contribution in [0, 0.1) is 5.82 Å². The van der Waals surface area contributed by atoms with Crippen molar-refractivity contribution in [1.29, 1.82) is 0 Å². The molecule has 0 aliphatic heterocycles. The SMILES string of the molecule is CCN(CC(=O)N(C)C)c1cccc(F)c1[C@@H](C)O. The molecule has 1 aromatic carbocycles. The van der Waals surface area contributed by atoms with E-state index in [1.165, 1.54) is 17.9 Å². The number of nitrogens with zero attached hydrogens (tertiary/aromatic N) is 2. The lowest BCUT2D eigenvalue weighted by Gasteiger charge is -2.27. The van der Waals surface area contributed by atoms with Crippen LogP contribution in [0.2, 0.25) is 0 Å². The average Bonchev–Trinajstić information content (AvgIpc) is 2.34. The van der Waals surface area contributed by atoms with Gasteiger partial charge < -0.3 is 14.9 Å². The number of anilines is 1. The topological polar surface area (TPSA) is 43.8 Å². The Balaban J connectivity index is 3.11. The second-order valence-corrected chi connectivity index (χ2v) is 4.65. The Morgan fingerprint density at radius 2 is 2.05 bits per heavy atom. The van der Waals surface area contributed by atoms with Crippen LogP contribution in [0.1, 0.15) is 25.5 Å². The van der Waals surface area contributed by atoms with Gasteiger partial charge in [0.05, 0.1) is 12.6 Å². The van der Waals surface area contributed by atoms with Crippen LogP contribution >= 0.6 is 0 Å². The first kappa shape index (κ1) is 15.4. The van der Waals surface area contributed by atoms with Crippen LogP contribution in [-0.4, -0.2) is 43.1 Å². The van der Waals surface area contributed by atoms with Gasteiger partial charge in [0.1, 0.15) is 5.82 Å². The summed E-state index contributed by atoms with van der Waals surface area (Å²) in [5.41, 5.74) is 0.795. The predicted octanol–water partition coefficient (Wildman–Crippen LogP) is 1.79. The number of aliphatic hydroxyl groups excluding tert-OH is 1. The molecule has 0 heterocycles. The van der Waals surface area contributed by atoms with Gasteiger partial charge in [-0.05, 0) is 26.0 Å². The number of carbonyl (C=O) groups excluding carboxylic acids is 1. The van der Waals surface area contributed by atoms with E-state index in [-0.39, 0.29) is 18.0 Å². The van der Waals surface area contributed by atoms with E-state index in [1.807, 2.05) is 6.92 Å². The Morgan fingerprint density at radius 1 is 1.42 bits per heavy atom. The summed E-state index contributed by atoms with van der Waals surface area (Å²) in [7, 11) is 3.36. The van der Waals surface area contributed by atoms with Crippen molar-refractivity contribution in [3.63, 3.8) is 0 Å². The minimum atomic E-state index is -0.917. The van der Waals surface area contributed by atoms with Gasteiger partial charge in [0.15, 0.2) is 0 Å². The summed E-state index contributed by atoms with van der Waals surface area (Å²) in [6.45, 7) is 4.12. The minimum absolute atomic E-state index is 0.0670. The van der Waals surface area contributed by atoms with Crippen LogP contribution in [0.3, 0.4) is 0 Å². The van der Waals surface area contributed by atoms with E-state index in [0.29, 0.717) is 12.2 Å². The molecule has 0 aliphatic rings. The maximum atomic E-state index is 13.8. The van der Waals surface area contributed by atoms with Gasteiger partial charge in [-0.2, -0.15) is 0 Å². The first-order chi connectivity index (χ1) is 8.88.